The smallest absolute Gasteiger partial charge is 0.234 e. The number of hydrogen-bond donors (Lipinski definition) is 0. The van der Waals surface area contributed by atoms with Crippen molar-refractivity contribution < 1.29 is 84.5 Å². The van der Waals surface area contributed by atoms with Gasteiger partial charge in [-0.2, -0.15) is 0 Å². The molecule has 8 heteroatoms. The predicted molar refractivity (Wildman–Crippen MR) is 26.5 cm³/mol. The van der Waals surface area contributed by atoms with E-state index in [1.54, 1.807) is 0 Å². The molecule has 2 amide bonds. The molecule has 2 N–H and O–H groups in total. The summed E-state index contributed by atoms with van der Waals surface area (Å²) < 4.78 is 7.63. The Kier molecular flexibility index (Phi) is 17.3. The molecule has 0 bridgehead atoms. The average Bonchev–Trinajstić information content (AvgIpc) is 1.63. The van der Waals surface area contributed by atoms with Gasteiger partial charge in [-0.25, -0.2) is 0 Å². The summed E-state index contributed by atoms with van der Waals surface area (Å²) in [7, 11) is 0. The maximum Gasteiger partial charge on any atom is 0.234 e. The second-order valence-corrected chi connectivity index (χ2v) is 0.981. The predicted octanol–water partition coefficient (Wildman–Crippen LogP) is 1.32. The Hall–Kier alpha value is 0.748. The Bertz CT molecular complexity index is 117. The Labute approximate surface area is 113 Å². The Morgan fingerprint density at radius 2 is 1.27 bits per heavy atom. The molecule has 0 aliphatic rings. The van der Waals surface area contributed by atoms with Gasteiger partial charge in [-0.3, -0.25) is 9.59 Å². The molecule has 0 heterocycles. The molecule has 0 saturated heterocycles. The van der Waals surface area contributed by atoms with Gasteiger partial charge in [0.1, 0.15) is 0 Å². The largest absolute Gasteiger partial charge is 0.632 e. The molecule has 0 aromatic rings. The van der Waals surface area contributed by atoms with E-state index in [0.717, 1.165) is 0 Å². The van der Waals surface area contributed by atoms with Crippen LogP contribution in [0, 0.1) is 0 Å². The normalized spacial score (nSPS) is 6.55. The SMILES string of the molecule is [NH-]C(=O)OCOC([NH-])=O.[Y].[Y]. The Morgan fingerprint density at radius 1 is 1.00 bits per heavy atom. The first kappa shape index (κ1) is 17.7. The molecule has 0 aliphatic carbocycles. The fourth-order valence-electron chi connectivity index (χ4n) is 0.137. The number of ether oxygens (including phenoxy) is 2. The molecule has 0 unspecified atom stereocenters. The first-order chi connectivity index (χ1) is 4.13. The van der Waals surface area contributed by atoms with E-state index in [9.17, 15) is 9.59 Å². The van der Waals surface area contributed by atoms with Crippen LogP contribution in [0.5, 0.6) is 0 Å². The molecule has 0 rings (SSSR count). The van der Waals surface area contributed by atoms with Crippen molar-refractivity contribution in [3.63, 3.8) is 0 Å². The van der Waals surface area contributed by atoms with Gasteiger partial charge < -0.3 is 20.9 Å². The van der Waals surface area contributed by atoms with Crippen molar-refractivity contribution in [2.75, 3.05) is 6.79 Å². The minimum absolute atomic E-state index is 0. The summed E-state index contributed by atoms with van der Waals surface area (Å²) in [5, 5.41) is 0. The maximum atomic E-state index is 9.62. The van der Waals surface area contributed by atoms with Crippen LogP contribution in [0.15, 0.2) is 0 Å². The molecule has 0 aromatic heterocycles. The fourth-order valence-corrected chi connectivity index (χ4v) is 0.137. The van der Waals surface area contributed by atoms with Crippen molar-refractivity contribution in [2.24, 2.45) is 0 Å². The van der Waals surface area contributed by atoms with Crippen LogP contribution in [0.3, 0.4) is 0 Å². The van der Waals surface area contributed by atoms with Gasteiger partial charge in [0, 0.05) is 65.4 Å². The van der Waals surface area contributed by atoms with E-state index in [0.29, 0.717) is 0 Å². The summed E-state index contributed by atoms with van der Waals surface area (Å²) in [5.41, 5.74) is 12.2. The third kappa shape index (κ3) is 18.1. The van der Waals surface area contributed by atoms with Crippen molar-refractivity contribution in [3.05, 3.63) is 11.5 Å². The molecule has 0 saturated carbocycles. The van der Waals surface area contributed by atoms with Crippen LogP contribution >= 0.6 is 0 Å². The summed E-state index contributed by atoms with van der Waals surface area (Å²) >= 11 is 0. The summed E-state index contributed by atoms with van der Waals surface area (Å²) in [6.45, 7) is -0.662. The van der Waals surface area contributed by atoms with Crippen LogP contribution in [-0.4, -0.2) is 19.0 Å². The van der Waals surface area contributed by atoms with E-state index in [4.69, 9.17) is 11.5 Å². The second kappa shape index (κ2) is 10.7. The Balaban J connectivity index is -0.000000320. The number of amides is 2. The van der Waals surface area contributed by atoms with Gasteiger partial charge in [-0.15, -0.1) is 0 Å². The van der Waals surface area contributed by atoms with E-state index in [-0.39, 0.29) is 65.4 Å². The first-order valence-corrected chi connectivity index (χ1v) is 1.89. The van der Waals surface area contributed by atoms with Crippen molar-refractivity contribution >= 4 is 12.2 Å². The molecule has 0 atom stereocenters. The van der Waals surface area contributed by atoms with Gasteiger partial charge in [0.2, 0.25) is 19.0 Å². The summed E-state index contributed by atoms with van der Waals surface area (Å²) in [5.74, 6) is 0. The van der Waals surface area contributed by atoms with E-state index < -0.39 is 19.0 Å². The minimum Gasteiger partial charge on any atom is -0.632 e. The van der Waals surface area contributed by atoms with Crippen LogP contribution in [0.1, 0.15) is 0 Å². The standard InChI is InChI=1S/C3H6N2O4.2Y/c4-2(6)8-1-9-3(5)7;;/h1H2,(H4,4,5,6,7);;/p-2. The Morgan fingerprint density at radius 3 is 1.45 bits per heavy atom. The monoisotopic (exact) mass is 310 g/mol. The zero-order valence-corrected chi connectivity index (χ0v) is 11.2. The summed E-state index contributed by atoms with van der Waals surface area (Å²) in [4.78, 5) is 19.2. The number of carbonyl (C=O) groups excluding carboxylic acids is 2. The summed E-state index contributed by atoms with van der Waals surface area (Å²) in [6.07, 6.45) is -2.59. The molecule has 0 fully saturated rings. The van der Waals surface area contributed by atoms with E-state index in [2.05, 4.69) is 9.47 Å². The van der Waals surface area contributed by atoms with Crippen LogP contribution in [0.25, 0.3) is 11.5 Å². The van der Waals surface area contributed by atoms with Crippen molar-refractivity contribution in [3.8, 4) is 0 Å². The quantitative estimate of drug-likeness (QED) is 0.718. The van der Waals surface area contributed by atoms with Gasteiger partial charge in [0.15, 0.2) is 0 Å². The van der Waals surface area contributed by atoms with Gasteiger partial charge in [-0.1, -0.05) is 0 Å². The first-order valence-electron chi connectivity index (χ1n) is 1.89. The second-order valence-electron chi connectivity index (χ2n) is 0.981. The number of hydrogen-bond acceptors (Lipinski definition) is 4. The van der Waals surface area contributed by atoms with Crippen molar-refractivity contribution in [1.82, 2.24) is 0 Å². The average molecular weight is 310 g/mol. The van der Waals surface area contributed by atoms with E-state index in [1.807, 2.05) is 0 Å². The van der Waals surface area contributed by atoms with Crippen molar-refractivity contribution in [1.29, 1.82) is 0 Å². The molecule has 11 heavy (non-hydrogen) atoms. The zero-order valence-electron chi connectivity index (χ0n) is 5.49. The molecule has 58 valence electrons. The van der Waals surface area contributed by atoms with Crippen LogP contribution in [0.4, 0.5) is 9.59 Å². The zero-order chi connectivity index (χ0) is 7.28. The molecule has 0 aliphatic heterocycles. The molecule has 6 nitrogen and oxygen atoms in total. The number of nitrogens with one attached hydrogen (secondary N) is 2. The maximum absolute atomic E-state index is 9.62. The molecule has 2 radical (unpaired) electrons. The van der Waals surface area contributed by atoms with Gasteiger partial charge in [0.05, 0.1) is 0 Å². The van der Waals surface area contributed by atoms with Crippen LogP contribution in [0.2, 0.25) is 0 Å². The number of carbonyl (C=O) groups is 2. The van der Waals surface area contributed by atoms with Crippen LogP contribution in [-0.2, 0) is 74.9 Å². The minimum atomic E-state index is -1.30. The number of rotatable bonds is 2. The van der Waals surface area contributed by atoms with Crippen LogP contribution < -0.4 is 0 Å². The van der Waals surface area contributed by atoms with Gasteiger partial charge in [0.25, 0.3) is 0 Å². The third-order valence-corrected chi connectivity index (χ3v) is 0.380. The molecule has 0 spiro atoms. The summed E-state index contributed by atoms with van der Waals surface area (Å²) in [6, 6.07) is 0. The molecule has 0 aromatic carbocycles. The topological polar surface area (TPSA) is 100 Å². The van der Waals surface area contributed by atoms with Gasteiger partial charge in [-0.05, 0) is 0 Å². The molecular formula is C3H4N2O4Y2-2. The van der Waals surface area contributed by atoms with Gasteiger partial charge >= 0.3 is 0 Å². The van der Waals surface area contributed by atoms with E-state index >= 15 is 0 Å². The van der Waals surface area contributed by atoms with Crippen molar-refractivity contribution in [2.45, 2.75) is 0 Å². The fraction of sp³-hybridized carbons (Fsp3) is 0.333. The van der Waals surface area contributed by atoms with E-state index in [1.165, 1.54) is 0 Å². The third-order valence-electron chi connectivity index (χ3n) is 0.380. The molecular weight excluding hydrogens is 306 g/mol.